The fourth-order valence-corrected chi connectivity index (χ4v) is 2.52. The first-order chi connectivity index (χ1) is 12.8. The fourth-order valence-electron chi connectivity index (χ4n) is 2.52. The molecular formula is C20H22N2O5. The SMILES string of the molecule is CC(=O)N[C@@H](Cc1ccc(OC(=O)[C@@H](N)Cc2ccccc2)cc1)C(=O)O. The lowest BCUT2D eigenvalue weighted by Crippen LogP contribution is -2.41. The van der Waals surface area contributed by atoms with Crippen molar-refractivity contribution in [1.82, 2.24) is 5.32 Å². The van der Waals surface area contributed by atoms with E-state index in [1.807, 2.05) is 30.3 Å². The van der Waals surface area contributed by atoms with E-state index < -0.39 is 29.9 Å². The zero-order chi connectivity index (χ0) is 19.8. The third-order valence-corrected chi connectivity index (χ3v) is 3.86. The monoisotopic (exact) mass is 370 g/mol. The van der Waals surface area contributed by atoms with Gasteiger partial charge in [-0.2, -0.15) is 0 Å². The zero-order valence-electron chi connectivity index (χ0n) is 14.9. The molecule has 2 aromatic carbocycles. The van der Waals surface area contributed by atoms with Crippen LogP contribution in [-0.2, 0) is 27.2 Å². The maximum absolute atomic E-state index is 12.1. The van der Waals surface area contributed by atoms with Gasteiger partial charge in [0.15, 0.2) is 0 Å². The first kappa shape index (κ1) is 20.1. The Hall–Kier alpha value is -3.19. The van der Waals surface area contributed by atoms with E-state index in [9.17, 15) is 14.4 Å². The van der Waals surface area contributed by atoms with E-state index >= 15 is 0 Å². The second-order valence-corrected chi connectivity index (χ2v) is 6.16. The first-order valence-electron chi connectivity index (χ1n) is 8.45. The van der Waals surface area contributed by atoms with E-state index in [4.69, 9.17) is 15.6 Å². The standard InChI is InChI=1S/C20H22N2O5/c1-13(23)22-18(19(24)25)12-15-7-9-16(10-8-15)27-20(26)17(21)11-14-5-3-2-4-6-14/h2-10,17-18H,11-12,21H2,1H3,(H,22,23)(H,24,25)/t17-,18-/m0/s1. The summed E-state index contributed by atoms with van der Waals surface area (Å²) in [6.07, 6.45) is 0.491. The van der Waals surface area contributed by atoms with Crippen LogP contribution < -0.4 is 15.8 Å². The van der Waals surface area contributed by atoms with Crippen LogP contribution in [0.15, 0.2) is 54.6 Å². The highest BCUT2D eigenvalue weighted by Crippen LogP contribution is 2.15. The second kappa shape index (κ2) is 9.49. The Balaban J connectivity index is 1.93. The van der Waals surface area contributed by atoms with Crippen LogP contribution in [0, 0.1) is 0 Å². The van der Waals surface area contributed by atoms with Gasteiger partial charge >= 0.3 is 11.9 Å². The maximum atomic E-state index is 12.1. The number of nitrogens with one attached hydrogen (secondary N) is 1. The largest absolute Gasteiger partial charge is 0.480 e. The highest BCUT2D eigenvalue weighted by atomic mass is 16.5. The third-order valence-electron chi connectivity index (χ3n) is 3.86. The average Bonchev–Trinajstić information content (AvgIpc) is 2.63. The Morgan fingerprint density at radius 3 is 2.15 bits per heavy atom. The summed E-state index contributed by atoms with van der Waals surface area (Å²) in [7, 11) is 0. The van der Waals surface area contributed by atoms with E-state index in [0.717, 1.165) is 5.56 Å². The number of carbonyl (C=O) groups excluding carboxylic acids is 2. The summed E-state index contributed by atoms with van der Waals surface area (Å²) in [5.74, 6) is -1.76. The van der Waals surface area contributed by atoms with Gasteiger partial charge in [-0.05, 0) is 29.7 Å². The molecule has 1 amide bonds. The Morgan fingerprint density at radius 2 is 1.59 bits per heavy atom. The Bertz CT molecular complexity index is 790. The predicted molar refractivity (Wildman–Crippen MR) is 99.1 cm³/mol. The van der Waals surface area contributed by atoms with Gasteiger partial charge in [0.2, 0.25) is 5.91 Å². The number of rotatable bonds is 8. The Labute approximate surface area is 157 Å². The van der Waals surface area contributed by atoms with Crippen LogP contribution in [0.4, 0.5) is 0 Å². The minimum atomic E-state index is -1.12. The number of hydrogen-bond donors (Lipinski definition) is 3. The Morgan fingerprint density at radius 1 is 1.00 bits per heavy atom. The normalized spacial score (nSPS) is 12.7. The van der Waals surface area contributed by atoms with Crippen LogP contribution in [0.25, 0.3) is 0 Å². The number of carboxylic acid groups (broad SMARTS) is 1. The fraction of sp³-hybridized carbons (Fsp3) is 0.250. The summed E-state index contributed by atoms with van der Waals surface area (Å²) in [4.78, 5) is 34.4. The minimum absolute atomic E-state index is 0.122. The molecular weight excluding hydrogens is 348 g/mol. The van der Waals surface area contributed by atoms with Crippen molar-refractivity contribution in [2.45, 2.75) is 31.8 Å². The summed E-state index contributed by atoms with van der Waals surface area (Å²) in [6.45, 7) is 1.26. The van der Waals surface area contributed by atoms with Gasteiger partial charge in [0.05, 0.1) is 0 Å². The summed E-state index contributed by atoms with van der Waals surface area (Å²) in [5.41, 5.74) is 7.52. The topological polar surface area (TPSA) is 119 Å². The molecule has 142 valence electrons. The van der Waals surface area contributed by atoms with E-state index in [1.54, 1.807) is 24.3 Å². The van der Waals surface area contributed by atoms with Gasteiger partial charge in [0, 0.05) is 13.3 Å². The van der Waals surface area contributed by atoms with Gasteiger partial charge in [-0.3, -0.25) is 4.79 Å². The van der Waals surface area contributed by atoms with Gasteiger partial charge in [0.1, 0.15) is 17.8 Å². The second-order valence-electron chi connectivity index (χ2n) is 6.16. The highest BCUT2D eigenvalue weighted by Gasteiger charge is 2.19. The van der Waals surface area contributed by atoms with Gasteiger partial charge in [-0.25, -0.2) is 9.59 Å². The summed E-state index contributed by atoms with van der Waals surface area (Å²) in [6, 6.07) is 14.0. The third kappa shape index (κ3) is 6.56. The molecule has 0 bridgehead atoms. The molecule has 4 N–H and O–H groups in total. The number of nitrogens with two attached hydrogens (primary N) is 1. The van der Waals surface area contributed by atoms with Crippen LogP contribution in [0.1, 0.15) is 18.1 Å². The lowest BCUT2D eigenvalue weighted by molar-refractivity contribution is -0.141. The zero-order valence-corrected chi connectivity index (χ0v) is 14.9. The van der Waals surface area contributed by atoms with Crippen molar-refractivity contribution in [3.63, 3.8) is 0 Å². The van der Waals surface area contributed by atoms with Crippen molar-refractivity contribution in [3.8, 4) is 5.75 Å². The van der Waals surface area contributed by atoms with Crippen LogP contribution in [0.3, 0.4) is 0 Å². The Kier molecular flexibility index (Phi) is 7.08. The molecule has 0 heterocycles. The van der Waals surface area contributed by atoms with Crippen molar-refractivity contribution < 1.29 is 24.2 Å². The molecule has 0 saturated carbocycles. The molecule has 0 radical (unpaired) electrons. The predicted octanol–water partition coefficient (Wildman–Crippen LogP) is 1.29. The molecule has 7 heteroatoms. The average molecular weight is 370 g/mol. The van der Waals surface area contributed by atoms with Crippen LogP contribution in [0.2, 0.25) is 0 Å². The molecule has 2 aromatic rings. The van der Waals surface area contributed by atoms with Gasteiger partial charge in [0.25, 0.3) is 0 Å². The molecule has 7 nitrogen and oxygen atoms in total. The molecule has 0 spiro atoms. The minimum Gasteiger partial charge on any atom is -0.480 e. The van der Waals surface area contributed by atoms with Gasteiger partial charge < -0.3 is 20.9 Å². The van der Waals surface area contributed by atoms with Gasteiger partial charge in [-0.15, -0.1) is 0 Å². The maximum Gasteiger partial charge on any atom is 0.328 e. The van der Waals surface area contributed by atoms with E-state index in [1.165, 1.54) is 6.92 Å². The number of hydrogen-bond acceptors (Lipinski definition) is 5. The molecule has 0 aliphatic heterocycles. The lowest BCUT2D eigenvalue weighted by Gasteiger charge is -2.14. The molecule has 27 heavy (non-hydrogen) atoms. The molecule has 0 fully saturated rings. The summed E-state index contributed by atoms with van der Waals surface area (Å²) < 4.78 is 5.27. The molecule has 0 unspecified atom stereocenters. The summed E-state index contributed by atoms with van der Waals surface area (Å²) >= 11 is 0. The molecule has 2 atom stereocenters. The lowest BCUT2D eigenvalue weighted by atomic mass is 10.1. The van der Waals surface area contributed by atoms with E-state index in [-0.39, 0.29) is 6.42 Å². The van der Waals surface area contributed by atoms with Crippen LogP contribution in [0.5, 0.6) is 5.75 Å². The van der Waals surface area contributed by atoms with Crippen molar-refractivity contribution in [2.75, 3.05) is 0 Å². The van der Waals surface area contributed by atoms with Crippen LogP contribution in [-0.4, -0.2) is 35.0 Å². The number of aliphatic carboxylic acids is 1. The highest BCUT2D eigenvalue weighted by molar-refractivity contribution is 5.82. The first-order valence-corrected chi connectivity index (χ1v) is 8.45. The summed E-state index contributed by atoms with van der Waals surface area (Å²) in [5, 5.41) is 11.5. The quantitative estimate of drug-likeness (QED) is 0.476. The molecule has 0 aliphatic carbocycles. The smallest absolute Gasteiger partial charge is 0.328 e. The van der Waals surface area contributed by atoms with Crippen molar-refractivity contribution in [2.24, 2.45) is 5.73 Å². The van der Waals surface area contributed by atoms with E-state index in [2.05, 4.69) is 5.32 Å². The molecule has 0 aliphatic rings. The molecule has 0 saturated heterocycles. The molecule has 2 rings (SSSR count). The van der Waals surface area contributed by atoms with Crippen LogP contribution >= 0.6 is 0 Å². The number of esters is 1. The van der Waals surface area contributed by atoms with E-state index in [0.29, 0.717) is 17.7 Å². The van der Waals surface area contributed by atoms with Gasteiger partial charge in [-0.1, -0.05) is 42.5 Å². The number of amides is 1. The van der Waals surface area contributed by atoms with Crippen molar-refractivity contribution in [1.29, 1.82) is 0 Å². The number of ether oxygens (including phenoxy) is 1. The van der Waals surface area contributed by atoms with Crippen molar-refractivity contribution in [3.05, 3.63) is 65.7 Å². The number of benzene rings is 2. The number of carbonyl (C=O) groups is 3. The molecule has 0 aromatic heterocycles. The number of carboxylic acids is 1. The van der Waals surface area contributed by atoms with Crippen molar-refractivity contribution >= 4 is 17.8 Å².